The maximum atomic E-state index is 12.9. The van der Waals surface area contributed by atoms with Crippen LogP contribution in [0.1, 0.15) is 58.8 Å². The van der Waals surface area contributed by atoms with Crippen molar-refractivity contribution in [3.8, 4) is 0 Å². The second kappa shape index (κ2) is 6.85. The van der Waals surface area contributed by atoms with E-state index < -0.39 is 0 Å². The number of ketones is 1. The molecule has 110 valence electrons. The van der Waals surface area contributed by atoms with Crippen molar-refractivity contribution in [2.45, 2.75) is 64.3 Å². The van der Waals surface area contributed by atoms with Gasteiger partial charge in [-0.25, -0.2) is 0 Å². The van der Waals surface area contributed by atoms with Crippen LogP contribution in [0.5, 0.6) is 0 Å². The van der Waals surface area contributed by atoms with Gasteiger partial charge in [-0.15, -0.1) is 0 Å². The maximum absolute atomic E-state index is 12.9. The van der Waals surface area contributed by atoms with Gasteiger partial charge in [-0.05, 0) is 57.5 Å². The summed E-state index contributed by atoms with van der Waals surface area (Å²) in [5, 5.41) is 0. The molecular formula is C16H29NO2. The number of hydrogen-bond acceptors (Lipinski definition) is 3. The van der Waals surface area contributed by atoms with Crippen molar-refractivity contribution in [2.75, 3.05) is 26.3 Å². The molecule has 2 rings (SSSR count). The molecule has 2 aliphatic heterocycles. The van der Waals surface area contributed by atoms with Crippen molar-refractivity contribution >= 4 is 5.78 Å². The number of rotatable bonds is 6. The Kier molecular flexibility index (Phi) is 5.40. The summed E-state index contributed by atoms with van der Waals surface area (Å²) in [7, 11) is 0. The van der Waals surface area contributed by atoms with E-state index in [9.17, 15) is 4.79 Å². The average Bonchev–Trinajstić information content (AvgIpc) is 2.96. The second-order valence-electron chi connectivity index (χ2n) is 6.12. The monoisotopic (exact) mass is 267 g/mol. The summed E-state index contributed by atoms with van der Waals surface area (Å²) < 4.78 is 5.40. The lowest BCUT2D eigenvalue weighted by molar-refractivity contribution is -0.133. The normalized spacial score (nSPS) is 22.8. The molecule has 0 radical (unpaired) electrons. The Morgan fingerprint density at radius 1 is 1.16 bits per heavy atom. The molecule has 19 heavy (non-hydrogen) atoms. The summed E-state index contributed by atoms with van der Waals surface area (Å²) in [6.07, 6.45) is 7.34. The zero-order chi connectivity index (χ0) is 13.7. The molecule has 0 aromatic carbocycles. The van der Waals surface area contributed by atoms with Gasteiger partial charge < -0.3 is 4.74 Å². The van der Waals surface area contributed by atoms with Crippen molar-refractivity contribution < 1.29 is 9.53 Å². The molecule has 2 fully saturated rings. The van der Waals surface area contributed by atoms with E-state index in [0.29, 0.717) is 11.7 Å². The molecule has 0 amide bonds. The molecule has 0 saturated carbocycles. The first kappa shape index (κ1) is 15.0. The quantitative estimate of drug-likeness (QED) is 0.741. The van der Waals surface area contributed by atoms with Gasteiger partial charge in [0.25, 0.3) is 0 Å². The lowest BCUT2D eigenvalue weighted by Crippen LogP contribution is -2.53. The molecule has 2 heterocycles. The Hall–Kier alpha value is -0.410. The Morgan fingerprint density at radius 3 is 2.26 bits per heavy atom. The maximum Gasteiger partial charge on any atom is 0.153 e. The third-order valence-electron chi connectivity index (χ3n) is 5.22. The number of Topliss-reactive ketones (excluding diaryl/α,β-unsaturated/α-hetero) is 1. The Labute approximate surface area is 117 Å². The van der Waals surface area contributed by atoms with E-state index in [-0.39, 0.29) is 5.54 Å². The van der Waals surface area contributed by atoms with Crippen LogP contribution in [0.15, 0.2) is 0 Å². The van der Waals surface area contributed by atoms with Gasteiger partial charge in [-0.3, -0.25) is 9.69 Å². The summed E-state index contributed by atoms with van der Waals surface area (Å²) in [6, 6.07) is 0. The predicted molar refractivity (Wildman–Crippen MR) is 77.3 cm³/mol. The minimum Gasteiger partial charge on any atom is -0.381 e. The first-order valence-electron chi connectivity index (χ1n) is 8.09. The van der Waals surface area contributed by atoms with Gasteiger partial charge in [0.2, 0.25) is 0 Å². The van der Waals surface area contributed by atoms with Gasteiger partial charge in [0, 0.05) is 19.6 Å². The molecule has 0 spiro atoms. The molecule has 3 heteroatoms. The van der Waals surface area contributed by atoms with E-state index in [2.05, 4.69) is 18.7 Å². The largest absolute Gasteiger partial charge is 0.381 e. The minimum absolute atomic E-state index is 0.172. The van der Waals surface area contributed by atoms with Crippen LogP contribution in [-0.2, 0) is 9.53 Å². The van der Waals surface area contributed by atoms with Crippen LogP contribution in [-0.4, -0.2) is 42.5 Å². The fraction of sp³-hybridized carbons (Fsp3) is 0.938. The fourth-order valence-corrected chi connectivity index (χ4v) is 3.82. The van der Waals surface area contributed by atoms with E-state index in [1.54, 1.807) is 0 Å². The number of carbonyl (C=O) groups excluding carboxylic acids is 1. The lowest BCUT2D eigenvalue weighted by Gasteiger charge is -2.40. The highest BCUT2D eigenvalue weighted by Gasteiger charge is 2.41. The average molecular weight is 267 g/mol. The van der Waals surface area contributed by atoms with Gasteiger partial charge in [0.05, 0.1) is 5.54 Å². The third kappa shape index (κ3) is 3.19. The molecule has 0 unspecified atom stereocenters. The molecular weight excluding hydrogens is 238 g/mol. The molecule has 0 aliphatic carbocycles. The molecule has 3 nitrogen and oxygen atoms in total. The Bertz CT molecular complexity index is 287. The second-order valence-corrected chi connectivity index (χ2v) is 6.12. The lowest BCUT2D eigenvalue weighted by atomic mass is 9.80. The van der Waals surface area contributed by atoms with Gasteiger partial charge in [-0.1, -0.05) is 13.8 Å². The molecule has 0 aromatic rings. The highest BCUT2D eigenvalue weighted by atomic mass is 16.5. The number of hydrogen-bond donors (Lipinski definition) is 0. The molecule has 0 bridgehead atoms. The first-order chi connectivity index (χ1) is 9.23. The first-order valence-corrected chi connectivity index (χ1v) is 8.09. The van der Waals surface area contributed by atoms with Crippen LogP contribution in [0.4, 0.5) is 0 Å². The van der Waals surface area contributed by atoms with Crippen LogP contribution in [0.25, 0.3) is 0 Å². The van der Waals surface area contributed by atoms with E-state index in [4.69, 9.17) is 4.74 Å². The smallest absolute Gasteiger partial charge is 0.153 e. The van der Waals surface area contributed by atoms with Gasteiger partial charge in [-0.2, -0.15) is 0 Å². The van der Waals surface area contributed by atoms with Crippen molar-refractivity contribution in [3.05, 3.63) is 0 Å². The van der Waals surface area contributed by atoms with Gasteiger partial charge in [0.15, 0.2) is 5.78 Å². The third-order valence-corrected chi connectivity index (χ3v) is 5.22. The predicted octanol–water partition coefficient (Wildman–Crippen LogP) is 3.03. The van der Waals surface area contributed by atoms with E-state index in [1.807, 2.05) is 0 Å². The summed E-state index contributed by atoms with van der Waals surface area (Å²) >= 11 is 0. The van der Waals surface area contributed by atoms with Crippen LogP contribution in [0.3, 0.4) is 0 Å². The molecule has 2 saturated heterocycles. The number of likely N-dealkylation sites (tertiary alicyclic amines) is 1. The Morgan fingerprint density at radius 2 is 1.74 bits per heavy atom. The zero-order valence-corrected chi connectivity index (χ0v) is 12.6. The zero-order valence-electron chi connectivity index (χ0n) is 12.6. The molecule has 0 aromatic heterocycles. The molecule has 2 aliphatic rings. The SMILES string of the molecule is CCC(CC)(C(=O)CC1CCOCC1)N1CCCC1. The van der Waals surface area contributed by atoms with Gasteiger partial charge >= 0.3 is 0 Å². The topological polar surface area (TPSA) is 29.5 Å². The van der Waals surface area contributed by atoms with E-state index in [0.717, 1.165) is 58.4 Å². The van der Waals surface area contributed by atoms with Crippen molar-refractivity contribution in [1.29, 1.82) is 0 Å². The van der Waals surface area contributed by atoms with Crippen LogP contribution >= 0.6 is 0 Å². The standard InChI is InChI=1S/C16H29NO2/c1-3-16(4-2,17-9-5-6-10-17)15(18)13-14-7-11-19-12-8-14/h14H,3-13H2,1-2H3. The summed E-state index contributed by atoms with van der Waals surface area (Å²) in [5.41, 5.74) is -0.172. The van der Waals surface area contributed by atoms with E-state index >= 15 is 0 Å². The summed E-state index contributed by atoms with van der Waals surface area (Å²) in [4.78, 5) is 15.4. The van der Waals surface area contributed by atoms with Gasteiger partial charge in [0.1, 0.15) is 0 Å². The number of ether oxygens (including phenoxy) is 1. The molecule has 0 N–H and O–H groups in total. The van der Waals surface area contributed by atoms with Crippen molar-refractivity contribution in [3.63, 3.8) is 0 Å². The highest BCUT2D eigenvalue weighted by Crippen LogP contribution is 2.32. The summed E-state index contributed by atoms with van der Waals surface area (Å²) in [6.45, 7) is 8.27. The fourth-order valence-electron chi connectivity index (χ4n) is 3.82. The summed E-state index contributed by atoms with van der Waals surface area (Å²) in [5.74, 6) is 1.05. The number of carbonyl (C=O) groups is 1. The highest BCUT2D eigenvalue weighted by molar-refractivity contribution is 5.88. The van der Waals surface area contributed by atoms with Crippen molar-refractivity contribution in [2.24, 2.45) is 5.92 Å². The van der Waals surface area contributed by atoms with Crippen LogP contribution in [0.2, 0.25) is 0 Å². The number of nitrogens with zero attached hydrogens (tertiary/aromatic N) is 1. The minimum atomic E-state index is -0.172. The van der Waals surface area contributed by atoms with Crippen molar-refractivity contribution in [1.82, 2.24) is 4.90 Å². The molecule has 0 atom stereocenters. The van der Waals surface area contributed by atoms with E-state index in [1.165, 1.54) is 12.8 Å². The van der Waals surface area contributed by atoms with Crippen LogP contribution in [0, 0.1) is 5.92 Å². The Balaban J connectivity index is 2.02. The van der Waals surface area contributed by atoms with Crippen LogP contribution < -0.4 is 0 Å².